The molecule has 220 valence electrons. The van der Waals surface area contributed by atoms with E-state index in [9.17, 15) is 0 Å². The fourth-order valence-electron chi connectivity index (χ4n) is 5.31. The van der Waals surface area contributed by atoms with Crippen LogP contribution in [0, 0.1) is 70.5 Å². The lowest BCUT2D eigenvalue weighted by Crippen LogP contribution is -2.21. The maximum atomic E-state index is 2.50. The lowest BCUT2D eigenvalue weighted by Gasteiger charge is -2.27. The molecule has 0 spiro atoms. The lowest BCUT2D eigenvalue weighted by atomic mass is 9.78. The van der Waals surface area contributed by atoms with Crippen LogP contribution < -0.4 is 0 Å². The summed E-state index contributed by atoms with van der Waals surface area (Å²) in [6.07, 6.45) is 9.92. The molecule has 0 heterocycles. The summed E-state index contributed by atoms with van der Waals surface area (Å²) in [4.78, 5) is 0. The minimum atomic E-state index is 0.651. The van der Waals surface area contributed by atoms with E-state index in [0.717, 1.165) is 65.1 Å². The maximum absolute atomic E-state index is 2.50. The van der Waals surface area contributed by atoms with Gasteiger partial charge in [0.15, 0.2) is 0 Å². The second-order valence-corrected chi connectivity index (χ2v) is 15.5. The Bertz CT molecular complexity index is 472. The highest BCUT2D eigenvalue weighted by Gasteiger charge is 2.56. The molecule has 1 saturated carbocycles. The van der Waals surface area contributed by atoms with E-state index >= 15 is 0 Å². The standard InChI is InChI=1S/C14H28.2C11H24/c1-9(2)11(5)13-8-14(13,7)12(6)10(3)4;2*1-9(2)7-6-8-11(5)10(3)4/h9-13H,8H2,1-7H3;2*9-11H,6-8H2,1-5H3/t11-,12+,13+,14+;2*11-/m011/s1. The molecule has 0 aliphatic heterocycles. The summed E-state index contributed by atoms with van der Waals surface area (Å²) in [5.41, 5.74) is 0.651. The molecule has 0 aromatic heterocycles. The van der Waals surface area contributed by atoms with Crippen molar-refractivity contribution in [2.24, 2.45) is 70.5 Å². The SMILES string of the molecule is CC(C)CCC[C@@H](C)C(C)C.CC(C)CCC[C@@H](C)C(C)C.CC(C)[C@@H](C)[C@@]1(C)C[C@@H]1[C@@H](C)C(C)C. The van der Waals surface area contributed by atoms with Gasteiger partial charge in [0.2, 0.25) is 0 Å². The van der Waals surface area contributed by atoms with Crippen LogP contribution in [0.3, 0.4) is 0 Å². The molecule has 1 rings (SSSR count). The van der Waals surface area contributed by atoms with Gasteiger partial charge in [-0.1, -0.05) is 156 Å². The molecule has 0 N–H and O–H groups in total. The highest BCUT2D eigenvalue weighted by molar-refractivity contribution is 5.04. The first-order chi connectivity index (χ1) is 16.4. The van der Waals surface area contributed by atoms with Crippen LogP contribution in [0.15, 0.2) is 0 Å². The van der Waals surface area contributed by atoms with Gasteiger partial charge in [-0.2, -0.15) is 0 Å². The van der Waals surface area contributed by atoms with Gasteiger partial charge in [-0.15, -0.1) is 0 Å². The predicted octanol–water partition coefficient (Wildman–Crippen LogP) is 12.8. The summed E-state index contributed by atoms with van der Waals surface area (Å²) in [6.45, 7) is 40.1. The van der Waals surface area contributed by atoms with Crippen LogP contribution in [-0.2, 0) is 0 Å². The minimum Gasteiger partial charge on any atom is -0.0628 e. The molecule has 36 heavy (non-hydrogen) atoms. The molecule has 1 aliphatic rings. The van der Waals surface area contributed by atoms with Crippen LogP contribution in [0.1, 0.15) is 163 Å². The van der Waals surface area contributed by atoms with Crippen molar-refractivity contribution in [2.75, 3.05) is 0 Å². The third-order valence-corrected chi connectivity index (χ3v) is 10.2. The Morgan fingerprint density at radius 1 is 0.500 bits per heavy atom. The maximum Gasteiger partial charge on any atom is -0.0264 e. The molecule has 0 heteroatoms. The van der Waals surface area contributed by atoms with Crippen LogP contribution >= 0.6 is 0 Å². The summed E-state index contributed by atoms with van der Waals surface area (Å²) >= 11 is 0. The van der Waals surface area contributed by atoms with Gasteiger partial charge in [0, 0.05) is 0 Å². The Kier molecular flexibility index (Phi) is 20.3. The number of hydrogen-bond acceptors (Lipinski definition) is 0. The average Bonchev–Trinajstić information content (AvgIpc) is 3.45. The summed E-state index contributed by atoms with van der Waals surface area (Å²) < 4.78 is 0. The van der Waals surface area contributed by atoms with Gasteiger partial charge in [0.1, 0.15) is 0 Å². The first kappa shape index (κ1) is 38.1. The van der Waals surface area contributed by atoms with Crippen LogP contribution in [-0.4, -0.2) is 0 Å². The molecule has 0 bridgehead atoms. The summed E-state index contributed by atoms with van der Waals surface area (Å²) in [6, 6.07) is 0. The Hall–Kier alpha value is 0. The van der Waals surface area contributed by atoms with E-state index < -0.39 is 0 Å². The first-order valence-electron chi connectivity index (χ1n) is 16.4. The van der Waals surface area contributed by atoms with Crippen molar-refractivity contribution in [3.63, 3.8) is 0 Å². The lowest BCUT2D eigenvalue weighted by molar-refractivity contribution is 0.214. The molecule has 1 aliphatic carbocycles. The first-order valence-corrected chi connectivity index (χ1v) is 16.4. The molecule has 0 radical (unpaired) electrons. The minimum absolute atomic E-state index is 0.651. The molecule has 0 aromatic carbocycles. The van der Waals surface area contributed by atoms with Crippen LogP contribution in [0.25, 0.3) is 0 Å². The topological polar surface area (TPSA) is 0 Å². The molecule has 0 amide bonds. The van der Waals surface area contributed by atoms with E-state index in [2.05, 4.69) is 118 Å². The predicted molar refractivity (Wildman–Crippen MR) is 170 cm³/mol. The van der Waals surface area contributed by atoms with Crippen molar-refractivity contribution in [3.05, 3.63) is 0 Å². The van der Waals surface area contributed by atoms with Gasteiger partial charge >= 0.3 is 0 Å². The van der Waals surface area contributed by atoms with Crippen molar-refractivity contribution < 1.29 is 0 Å². The molecule has 0 nitrogen and oxygen atoms in total. The van der Waals surface area contributed by atoms with Crippen molar-refractivity contribution >= 4 is 0 Å². The van der Waals surface area contributed by atoms with Crippen molar-refractivity contribution in [3.8, 4) is 0 Å². The molecule has 6 atom stereocenters. The summed E-state index contributed by atoms with van der Waals surface area (Å²) in [7, 11) is 0. The zero-order chi connectivity index (χ0) is 28.8. The van der Waals surface area contributed by atoms with Gasteiger partial charge in [0.05, 0.1) is 0 Å². The third-order valence-electron chi connectivity index (χ3n) is 10.2. The molecular weight excluding hydrogens is 432 g/mol. The van der Waals surface area contributed by atoms with E-state index in [1.807, 2.05) is 0 Å². The summed E-state index contributed by atoms with van der Waals surface area (Å²) in [5.74, 6) is 9.77. The Labute approximate surface area is 233 Å². The van der Waals surface area contributed by atoms with Gasteiger partial charge in [0.25, 0.3) is 0 Å². The second-order valence-electron chi connectivity index (χ2n) is 15.5. The Morgan fingerprint density at radius 2 is 0.861 bits per heavy atom. The quantitative estimate of drug-likeness (QED) is 0.219. The van der Waals surface area contributed by atoms with E-state index in [4.69, 9.17) is 0 Å². The van der Waals surface area contributed by atoms with Crippen LogP contribution in [0.2, 0.25) is 0 Å². The van der Waals surface area contributed by atoms with Crippen molar-refractivity contribution in [1.29, 1.82) is 0 Å². The van der Waals surface area contributed by atoms with E-state index in [1.165, 1.54) is 44.9 Å². The van der Waals surface area contributed by atoms with Gasteiger partial charge < -0.3 is 0 Å². The fourth-order valence-corrected chi connectivity index (χ4v) is 5.31. The highest BCUT2D eigenvalue weighted by atomic mass is 14.6. The average molecular weight is 509 g/mol. The molecule has 1 fully saturated rings. The van der Waals surface area contributed by atoms with Crippen LogP contribution in [0.5, 0.6) is 0 Å². The number of rotatable bonds is 14. The zero-order valence-electron chi connectivity index (χ0n) is 28.8. The van der Waals surface area contributed by atoms with Crippen molar-refractivity contribution in [2.45, 2.75) is 163 Å². The highest BCUT2D eigenvalue weighted by Crippen LogP contribution is 2.63. The second kappa shape index (κ2) is 19.1. The molecule has 0 unspecified atom stereocenters. The smallest absolute Gasteiger partial charge is 0.0264 e. The summed E-state index contributed by atoms with van der Waals surface area (Å²) in [5, 5.41) is 0. The fraction of sp³-hybridized carbons (Fsp3) is 1.00. The van der Waals surface area contributed by atoms with E-state index in [0.29, 0.717) is 5.41 Å². The Balaban J connectivity index is 0. The zero-order valence-corrected chi connectivity index (χ0v) is 28.8. The van der Waals surface area contributed by atoms with Gasteiger partial charge in [-0.3, -0.25) is 0 Å². The van der Waals surface area contributed by atoms with Gasteiger partial charge in [-0.25, -0.2) is 0 Å². The van der Waals surface area contributed by atoms with E-state index in [-0.39, 0.29) is 0 Å². The monoisotopic (exact) mass is 509 g/mol. The molecule has 0 aromatic rings. The normalized spacial score (nSPS) is 22.9. The Morgan fingerprint density at radius 3 is 1.11 bits per heavy atom. The molecular formula is C36H76. The van der Waals surface area contributed by atoms with Crippen LogP contribution in [0.4, 0.5) is 0 Å². The largest absolute Gasteiger partial charge is 0.0628 e. The third kappa shape index (κ3) is 16.8. The van der Waals surface area contributed by atoms with Gasteiger partial charge in [-0.05, 0) is 76.9 Å². The van der Waals surface area contributed by atoms with E-state index in [1.54, 1.807) is 0 Å². The van der Waals surface area contributed by atoms with Crippen molar-refractivity contribution in [1.82, 2.24) is 0 Å². The molecule has 0 saturated heterocycles. The number of hydrogen-bond donors (Lipinski definition) is 0.